The van der Waals surface area contributed by atoms with Crippen molar-refractivity contribution >= 4 is 40.3 Å². The zero-order valence-corrected chi connectivity index (χ0v) is 17.4. The number of hydrogen-bond donors (Lipinski definition) is 1. The van der Waals surface area contributed by atoms with Crippen LogP contribution in [-0.4, -0.2) is 17.6 Å². The number of aromatic hydroxyl groups is 1. The summed E-state index contributed by atoms with van der Waals surface area (Å²) in [7, 11) is 0. The molecule has 29 heavy (non-hydrogen) atoms. The number of fused-ring (bicyclic) bond motifs is 1. The lowest BCUT2D eigenvalue weighted by Crippen LogP contribution is -2.33. The average Bonchev–Trinajstić information content (AvgIpc) is 2.77. The molecule has 1 unspecified atom stereocenters. The minimum atomic E-state index is -0.240. The Morgan fingerprint density at radius 1 is 0.897 bits per heavy atom. The molecule has 0 spiro atoms. The van der Waals surface area contributed by atoms with Crippen LogP contribution in [0.2, 0.25) is 5.02 Å². The fourth-order valence-electron chi connectivity index (χ4n) is 3.91. The molecule has 0 saturated carbocycles. The quantitative estimate of drug-likeness (QED) is 0.558. The van der Waals surface area contributed by atoms with Gasteiger partial charge in [-0.05, 0) is 79.6 Å². The van der Waals surface area contributed by atoms with Crippen LogP contribution in [0.4, 0.5) is 22.7 Å². The molecule has 1 N–H and O–H groups in total. The highest BCUT2D eigenvalue weighted by Gasteiger charge is 2.33. The number of aryl methyl sites for hydroxylation is 2. The molecule has 4 nitrogen and oxygen atoms in total. The maximum Gasteiger partial charge on any atom is 0.236 e. The summed E-state index contributed by atoms with van der Waals surface area (Å²) >= 11 is 6.35. The van der Waals surface area contributed by atoms with Crippen molar-refractivity contribution in [2.24, 2.45) is 5.92 Å². The van der Waals surface area contributed by atoms with E-state index in [2.05, 4.69) is 11.0 Å². The van der Waals surface area contributed by atoms with E-state index >= 15 is 0 Å². The summed E-state index contributed by atoms with van der Waals surface area (Å²) in [5.41, 5.74) is 5.62. The van der Waals surface area contributed by atoms with Gasteiger partial charge in [-0.15, -0.1) is 0 Å². The van der Waals surface area contributed by atoms with Gasteiger partial charge in [0.2, 0.25) is 5.91 Å². The summed E-state index contributed by atoms with van der Waals surface area (Å²) in [5.74, 6) is 0.00604. The monoisotopic (exact) mass is 406 g/mol. The first-order chi connectivity index (χ1) is 13.8. The molecule has 1 aliphatic rings. The third-order valence-electron chi connectivity index (χ3n) is 5.19. The molecule has 3 aromatic rings. The molecule has 0 aliphatic carbocycles. The van der Waals surface area contributed by atoms with Crippen LogP contribution in [0.15, 0.2) is 60.7 Å². The van der Waals surface area contributed by atoms with Crippen LogP contribution in [0, 0.1) is 19.8 Å². The highest BCUT2D eigenvalue weighted by Crippen LogP contribution is 2.43. The van der Waals surface area contributed by atoms with E-state index in [1.165, 1.54) is 0 Å². The number of rotatable bonds is 2. The van der Waals surface area contributed by atoms with Gasteiger partial charge >= 0.3 is 0 Å². The topological polar surface area (TPSA) is 43.8 Å². The molecule has 3 aromatic carbocycles. The Labute approximate surface area is 176 Å². The van der Waals surface area contributed by atoms with Crippen molar-refractivity contribution in [1.29, 1.82) is 0 Å². The Balaban J connectivity index is 1.94. The Morgan fingerprint density at radius 2 is 1.55 bits per heavy atom. The Morgan fingerprint density at radius 3 is 2.21 bits per heavy atom. The van der Waals surface area contributed by atoms with Gasteiger partial charge in [0.25, 0.3) is 0 Å². The smallest absolute Gasteiger partial charge is 0.236 e. The summed E-state index contributed by atoms with van der Waals surface area (Å²) in [6.07, 6.45) is 0. The largest absolute Gasteiger partial charge is 0.508 e. The van der Waals surface area contributed by atoms with Crippen molar-refractivity contribution < 1.29 is 9.90 Å². The zero-order chi connectivity index (χ0) is 20.7. The Bertz CT molecular complexity index is 1060. The number of carbonyl (C=O) groups excluding carboxylic acids is 1. The fourth-order valence-corrected chi connectivity index (χ4v) is 4.08. The number of hydrogen-bond acceptors (Lipinski definition) is 3. The SMILES string of the molecule is Cc1cc(C)cc(N2C(=O)C(C)CN(c3ccc(O)cc3)c3cc(Cl)ccc32)c1. The molecule has 0 saturated heterocycles. The second-order valence-corrected chi connectivity index (χ2v) is 8.12. The van der Waals surface area contributed by atoms with Crippen molar-refractivity contribution in [2.75, 3.05) is 16.3 Å². The Kier molecular flexibility index (Phi) is 4.97. The first kappa shape index (κ1) is 19.3. The van der Waals surface area contributed by atoms with Gasteiger partial charge in [0.15, 0.2) is 0 Å². The average molecular weight is 407 g/mol. The summed E-state index contributed by atoms with van der Waals surface area (Å²) in [4.78, 5) is 17.4. The molecule has 0 bridgehead atoms. The lowest BCUT2D eigenvalue weighted by atomic mass is 10.1. The van der Waals surface area contributed by atoms with Crippen LogP contribution in [0.3, 0.4) is 0 Å². The molecule has 5 heteroatoms. The van der Waals surface area contributed by atoms with E-state index in [9.17, 15) is 9.90 Å². The highest BCUT2D eigenvalue weighted by atomic mass is 35.5. The van der Waals surface area contributed by atoms with E-state index in [1.807, 2.05) is 63.2 Å². The molecule has 4 rings (SSSR count). The third kappa shape index (κ3) is 3.68. The normalized spacial score (nSPS) is 16.6. The molecule has 1 heterocycles. The Hall–Kier alpha value is -2.98. The van der Waals surface area contributed by atoms with E-state index in [1.54, 1.807) is 17.0 Å². The summed E-state index contributed by atoms with van der Waals surface area (Å²) < 4.78 is 0. The van der Waals surface area contributed by atoms with E-state index in [-0.39, 0.29) is 17.6 Å². The van der Waals surface area contributed by atoms with Crippen LogP contribution in [0.5, 0.6) is 5.75 Å². The van der Waals surface area contributed by atoms with Crippen LogP contribution in [0.25, 0.3) is 0 Å². The van der Waals surface area contributed by atoms with Crippen molar-refractivity contribution in [1.82, 2.24) is 0 Å². The van der Waals surface area contributed by atoms with Crippen molar-refractivity contribution in [2.45, 2.75) is 20.8 Å². The van der Waals surface area contributed by atoms with Gasteiger partial charge < -0.3 is 10.0 Å². The maximum absolute atomic E-state index is 13.5. The van der Waals surface area contributed by atoms with Gasteiger partial charge in [-0.2, -0.15) is 0 Å². The number of carbonyl (C=O) groups is 1. The molecule has 1 atom stereocenters. The standard InChI is InChI=1S/C24H23ClN2O2/c1-15-10-16(2)12-20(11-15)27-22-9-4-18(25)13-23(22)26(14-17(3)24(27)29)19-5-7-21(28)8-6-19/h4-13,17,28H,14H2,1-3H3. The van der Waals surface area contributed by atoms with Crippen molar-refractivity contribution in [3.8, 4) is 5.75 Å². The summed E-state index contributed by atoms with van der Waals surface area (Å²) in [6.45, 7) is 6.53. The second-order valence-electron chi connectivity index (χ2n) is 7.68. The molecule has 0 aromatic heterocycles. The molecule has 1 amide bonds. The number of nitrogens with zero attached hydrogens (tertiary/aromatic N) is 2. The maximum atomic E-state index is 13.5. The highest BCUT2D eigenvalue weighted by molar-refractivity contribution is 6.31. The summed E-state index contributed by atoms with van der Waals surface area (Å²) in [6, 6.07) is 18.8. The number of halogens is 1. The minimum absolute atomic E-state index is 0.0415. The van der Waals surface area contributed by atoms with Crippen molar-refractivity contribution in [3.63, 3.8) is 0 Å². The van der Waals surface area contributed by atoms with E-state index in [4.69, 9.17) is 11.6 Å². The predicted molar refractivity (Wildman–Crippen MR) is 119 cm³/mol. The van der Waals surface area contributed by atoms with Crippen LogP contribution < -0.4 is 9.80 Å². The lowest BCUT2D eigenvalue weighted by molar-refractivity contribution is -0.120. The van der Waals surface area contributed by atoms with Gasteiger partial charge in [0.05, 0.1) is 17.3 Å². The first-order valence-corrected chi connectivity index (χ1v) is 9.99. The molecule has 148 valence electrons. The van der Waals surface area contributed by atoms with Gasteiger partial charge in [0, 0.05) is 22.9 Å². The van der Waals surface area contributed by atoms with Gasteiger partial charge in [-0.3, -0.25) is 9.69 Å². The number of phenols is 1. The number of anilines is 4. The first-order valence-electron chi connectivity index (χ1n) is 9.62. The van der Waals surface area contributed by atoms with Crippen molar-refractivity contribution in [3.05, 3.63) is 76.8 Å². The van der Waals surface area contributed by atoms with E-state index in [0.717, 1.165) is 33.9 Å². The predicted octanol–water partition coefficient (Wildman–Crippen LogP) is 6.11. The van der Waals surface area contributed by atoms with Gasteiger partial charge in [0.1, 0.15) is 5.75 Å². The van der Waals surface area contributed by atoms with Crippen LogP contribution in [0.1, 0.15) is 18.1 Å². The number of phenolic OH excluding ortho intramolecular Hbond substituents is 1. The van der Waals surface area contributed by atoms with Crippen LogP contribution in [-0.2, 0) is 4.79 Å². The number of amides is 1. The minimum Gasteiger partial charge on any atom is -0.508 e. The number of benzene rings is 3. The molecule has 0 radical (unpaired) electrons. The second kappa shape index (κ2) is 7.45. The molecule has 0 fully saturated rings. The van der Waals surface area contributed by atoms with Gasteiger partial charge in [-0.25, -0.2) is 0 Å². The summed E-state index contributed by atoms with van der Waals surface area (Å²) in [5, 5.41) is 10.3. The van der Waals surface area contributed by atoms with Crippen LogP contribution >= 0.6 is 11.6 Å². The molecular weight excluding hydrogens is 384 g/mol. The van der Waals surface area contributed by atoms with E-state index < -0.39 is 0 Å². The molecular formula is C24H23ClN2O2. The molecule has 1 aliphatic heterocycles. The third-order valence-corrected chi connectivity index (χ3v) is 5.43. The lowest BCUT2D eigenvalue weighted by Gasteiger charge is -2.27. The van der Waals surface area contributed by atoms with Gasteiger partial charge in [-0.1, -0.05) is 24.6 Å². The van der Waals surface area contributed by atoms with E-state index in [0.29, 0.717) is 11.6 Å². The zero-order valence-electron chi connectivity index (χ0n) is 16.7. The fraction of sp³-hybridized carbons (Fsp3) is 0.208.